The first kappa shape index (κ1) is 7.73. The summed E-state index contributed by atoms with van der Waals surface area (Å²) in [7, 11) is 0. The number of nitrogens with zero attached hydrogens (tertiary/aromatic N) is 2. The zero-order valence-corrected chi connectivity index (χ0v) is 7.01. The Hall–Kier alpha value is -1.90. The predicted octanol–water partition coefficient (Wildman–Crippen LogP) is 1.73. The van der Waals surface area contributed by atoms with E-state index in [0.29, 0.717) is 5.82 Å². The second-order valence-electron chi connectivity index (χ2n) is 2.67. The number of hydrogen-bond acceptors (Lipinski definition) is 3. The quantitative estimate of drug-likeness (QED) is 0.710. The molecule has 2 heterocycles. The van der Waals surface area contributed by atoms with Crippen molar-refractivity contribution in [2.75, 3.05) is 5.73 Å². The Morgan fingerprint density at radius 2 is 1.77 bits per heavy atom. The Bertz CT molecular complexity index is 398. The first-order chi connectivity index (χ1) is 6.38. The third-order valence-electron chi connectivity index (χ3n) is 1.83. The summed E-state index contributed by atoms with van der Waals surface area (Å²) >= 11 is 0. The molecule has 0 aliphatic heterocycles. The molecule has 0 spiro atoms. The van der Waals surface area contributed by atoms with Crippen LogP contribution >= 0.6 is 0 Å². The largest absolute Gasteiger partial charge is 0.383 e. The molecular weight excluding hydrogens is 162 g/mol. The molecule has 2 N–H and O–H groups in total. The van der Waals surface area contributed by atoms with Gasteiger partial charge in [-0.1, -0.05) is 0 Å². The van der Waals surface area contributed by atoms with Crippen LogP contribution in [0, 0.1) is 0 Å². The van der Waals surface area contributed by atoms with Crippen molar-refractivity contribution in [1.82, 2.24) is 9.97 Å². The molecular formula is C10H9N3. The summed E-state index contributed by atoms with van der Waals surface area (Å²) in [6.07, 6.45) is 5.16. The van der Waals surface area contributed by atoms with Gasteiger partial charge in [-0.3, -0.25) is 4.98 Å². The Morgan fingerprint density at radius 3 is 2.46 bits per heavy atom. The van der Waals surface area contributed by atoms with Crippen LogP contribution in [0.4, 0.5) is 5.82 Å². The number of nitrogen functional groups attached to an aromatic ring is 1. The van der Waals surface area contributed by atoms with Gasteiger partial charge in [0.1, 0.15) is 5.82 Å². The molecule has 0 saturated heterocycles. The highest BCUT2D eigenvalue weighted by Crippen LogP contribution is 2.22. The molecule has 2 aromatic heterocycles. The molecule has 0 aliphatic carbocycles. The summed E-state index contributed by atoms with van der Waals surface area (Å²) in [5.74, 6) is 0.550. The van der Waals surface area contributed by atoms with Gasteiger partial charge in [-0.05, 0) is 29.8 Å². The summed E-state index contributed by atoms with van der Waals surface area (Å²) in [6.45, 7) is 0. The van der Waals surface area contributed by atoms with Crippen molar-refractivity contribution < 1.29 is 0 Å². The minimum atomic E-state index is 0.550. The number of aromatic nitrogens is 2. The fourth-order valence-electron chi connectivity index (χ4n) is 1.19. The maximum absolute atomic E-state index is 5.72. The number of rotatable bonds is 1. The molecule has 2 aromatic rings. The highest BCUT2D eigenvalue weighted by molar-refractivity contribution is 5.72. The van der Waals surface area contributed by atoms with Gasteiger partial charge >= 0.3 is 0 Å². The zero-order valence-electron chi connectivity index (χ0n) is 7.01. The van der Waals surface area contributed by atoms with E-state index in [2.05, 4.69) is 9.97 Å². The third-order valence-corrected chi connectivity index (χ3v) is 1.83. The van der Waals surface area contributed by atoms with Crippen LogP contribution < -0.4 is 5.73 Å². The molecule has 3 nitrogen and oxygen atoms in total. The molecule has 13 heavy (non-hydrogen) atoms. The van der Waals surface area contributed by atoms with Crippen molar-refractivity contribution in [2.24, 2.45) is 0 Å². The first-order valence-electron chi connectivity index (χ1n) is 3.99. The molecule has 0 saturated carbocycles. The molecule has 0 bridgehead atoms. The van der Waals surface area contributed by atoms with Crippen molar-refractivity contribution in [3.05, 3.63) is 42.9 Å². The molecule has 3 heteroatoms. The zero-order chi connectivity index (χ0) is 9.10. The lowest BCUT2D eigenvalue weighted by molar-refractivity contribution is 1.31. The van der Waals surface area contributed by atoms with Gasteiger partial charge in [-0.15, -0.1) is 0 Å². The van der Waals surface area contributed by atoms with Gasteiger partial charge in [0.15, 0.2) is 0 Å². The van der Waals surface area contributed by atoms with Crippen molar-refractivity contribution in [1.29, 1.82) is 0 Å². The number of nitrogens with two attached hydrogens (primary N) is 1. The van der Waals surface area contributed by atoms with Gasteiger partial charge in [0.25, 0.3) is 0 Å². The fraction of sp³-hybridized carbons (Fsp3) is 0. The van der Waals surface area contributed by atoms with Crippen molar-refractivity contribution in [3.63, 3.8) is 0 Å². The summed E-state index contributed by atoms with van der Waals surface area (Å²) in [5, 5.41) is 0. The van der Waals surface area contributed by atoms with Gasteiger partial charge in [0.05, 0.1) is 0 Å². The monoisotopic (exact) mass is 171 g/mol. The minimum absolute atomic E-state index is 0.550. The Morgan fingerprint density at radius 1 is 1.00 bits per heavy atom. The average Bonchev–Trinajstić information content (AvgIpc) is 2.20. The van der Waals surface area contributed by atoms with Gasteiger partial charge in [-0.2, -0.15) is 0 Å². The van der Waals surface area contributed by atoms with Crippen LogP contribution in [-0.2, 0) is 0 Å². The smallest absolute Gasteiger partial charge is 0.131 e. The van der Waals surface area contributed by atoms with Gasteiger partial charge < -0.3 is 5.73 Å². The van der Waals surface area contributed by atoms with Crippen LogP contribution in [0.1, 0.15) is 0 Å². The molecule has 0 unspecified atom stereocenters. The highest BCUT2D eigenvalue weighted by atomic mass is 14.8. The predicted molar refractivity (Wildman–Crippen MR) is 51.9 cm³/mol. The normalized spacial score (nSPS) is 9.85. The van der Waals surface area contributed by atoms with Gasteiger partial charge in [0.2, 0.25) is 0 Å². The Balaban J connectivity index is 2.54. The molecule has 0 radical (unpaired) electrons. The average molecular weight is 171 g/mol. The van der Waals surface area contributed by atoms with Crippen molar-refractivity contribution in [2.45, 2.75) is 0 Å². The molecule has 0 amide bonds. The number of pyridine rings is 2. The van der Waals surface area contributed by atoms with Crippen LogP contribution in [-0.4, -0.2) is 9.97 Å². The van der Waals surface area contributed by atoms with E-state index in [9.17, 15) is 0 Å². The van der Waals surface area contributed by atoms with E-state index in [-0.39, 0.29) is 0 Å². The maximum atomic E-state index is 5.72. The third kappa shape index (κ3) is 1.49. The second-order valence-corrected chi connectivity index (χ2v) is 2.67. The summed E-state index contributed by atoms with van der Waals surface area (Å²) in [5.41, 5.74) is 7.71. The molecule has 2 rings (SSSR count). The topological polar surface area (TPSA) is 51.8 Å². The minimum Gasteiger partial charge on any atom is -0.383 e. The standard InChI is InChI=1S/C10H9N3/c11-10-9(2-1-5-13-10)8-3-6-12-7-4-8/h1-7H,(H2,11,13). The van der Waals surface area contributed by atoms with E-state index in [1.165, 1.54) is 0 Å². The van der Waals surface area contributed by atoms with Gasteiger partial charge in [0, 0.05) is 24.2 Å². The Labute approximate surface area is 76.3 Å². The fourth-order valence-corrected chi connectivity index (χ4v) is 1.19. The molecule has 0 fully saturated rings. The summed E-state index contributed by atoms with van der Waals surface area (Å²) in [4.78, 5) is 7.95. The Kier molecular flexibility index (Phi) is 1.92. The van der Waals surface area contributed by atoms with Crippen LogP contribution in [0.2, 0.25) is 0 Å². The van der Waals surface area contributed by atoms with E-state index in [1.54, 1.807) is 18.6 Å². The molecule has 64 valence electrons. The lowest BCUT2D eigenvalue weighted by atomic mass is 10.1. The van der Waals surface area contributed by atoms with E-state index in [4.69, 9.17) is 5.73 Å². The van der Waals surface area contributed by atoms with Crippen molar-refractivity contribution >= 4 is 5.82 Å². The van der Waals surface area contributed by atoms with Crippen LogP contribution in [0.25, 0.3) is 11.1 Å². The highest BCUT2D eigenvalue weighted by Gasteiger charge is 2.00. The van der Waals surface area contributed by atoms with E-state index in [0.717, 1.165) is 11.1 Å². The van der Waals surface area contributed by atoms with E-state index in [1.807, 2.05) is 24.3 Å². The lowest BCUT2D eigenvalue weighted by Gasteiger charge is -2.02. The van der Waals surface area contributed by atoms with Gasteiger partial charge in [-0.25, -0.2) is 4.98 Å². The van der Waals surface area contributed by atoms with Crippen LogP contribution in [0.3, 0.4) is 0 Å². The van der Waals surface area contributed by atoms with E-state index < -0.39 is 0 Å². The molecule has 0 aromatic carbocycles. The second kappa shape index (κ2) is 3.23. The summed E-state index contributed by atoms with van der Waals surface area (Å²) < 4.78 is 0. The van der Waals surface area contributed by atoms with E-state index >= 15 is 0 Å². The first-order valence-corrected chi connectivity index (χ1v) is 3.99. The SMILES string of the molecule is Nc1ncccc1-c1ccncc1. The lowest BCUT2D eigenvalue weighted by Crippen LogP contribution is -1.92. The molecule has 0 aliphatic rings. The number of anilines is 1. The van der Waals surface area contributed by atoms with Crippen LogP contribution in [0.5, 0.6) is 0 Å². The summed E-state index contributed by atoms with van der Waals surface area (Å²) in [6, 6.07) is 7.63. The van der Waals surface area contributed by atoms with Crippen molar-refractivity contribution in [3.8, 4) is 11.1 Å². The van der Waals surface area contributed by atoms with Crippen LogP contribution in [0.15, 0.2) is 42.9 Å². The molecule has 0 atom stereocenters. The number of hydrogen-bond donors (Lipinski definition) is 1. The maximum Gasteiger partial charge on any atom is 0.131 e.